The summed E-state index contributed by atoms with van der Waals surface area (Å²) in [7, 11) is 1.76. The first-order chi connectivity index (χ1) is 24.6. The number of aromatic nitrogens is 4. The maximum Gasteiger partial charge on any atom is 0.333 e. The van der Waals surface area contributed by atoms with Crippen molar-refractivity contribution in [1.29, 1.82) is 0 Å². The maximum absolute atomic E-state index is 11.6. The summed E-state index contributed by atoms with van der Waals surface area (Å²) in [5.41, 5.74) is 9.45. The normalized spacial score (nSPS) is 11.6. The number of esters is 4. The van der Waals surface area contributed by atoms with E-state index in [2.05, 4.69) is 15.3 Å². The Bertz CT molecular complexity index is 1700. The van der Waals surface area contributed by atoms with Gasteiger partial charge in [0.1, 0.15) is 0 Å². The van der Waals surface area contributed by atoms with Gasteiger partial charge in [-0.25, -0.2) is 19.6 Å². The molecule has 14 nitrogen and oxygen atoms in total. The number of halogens is 2. The highest BCUT2D eigenvalue weighted by Crippen LogP contribution is 2.09. The number of nitrogens with one attached hydrogen (secondary N) is 1. The lowest BCUT2D eigenvalue weighted by atomic mass is 10.1. The SMILES string of the molecule is CC(N)CC(=O)OCOC(=O)/C=C/c1ccc(Cn2ccnc2)cc1.CNC(C)CC(=O)OCOC(=O)/C=C/c1ccc(Cn2ccnc2)cc1.Cl.Cl. The van der Waals surface area contributed by atoms with Crippen LogP contribution in [0, 0.1) is 0 Å². The van der Waals surface area contributed by atoms with E-state index in [1.165, 1.54) is 12.2 Å². The molecule has 2 unspecified atom stereocenters. The topological polar surface area (TPSA) is 179 Å². The van der Waals surface area contributed by atoms with Crippen LogP contribution in [0.3, 0.4) is 0 Å². The van der Waals surface area contributed by atoms with E-state index in [-0.39, 0.29) is 56.5 Å². The Morgan fingerprint density at radius 2 is 1.11 bits per heavy atom. The largest absolute Gasteiger partial charge is 0.428 e. The highest BCUT2D eigenvalue weighted by atomic mass is 35.5. The number of hydrogen-bond donors (Lipinski definition) is 2. The number of nitrogens with two attached hydrogens (primary N) is 1. The summed E-state index contributed by atoms with van der Waals surface area (Å²) < 4.78 is 23.2. The van der Waals surface area contributed by atoms with E-state index in [0.717, 1.165) is 35.3 Å². The van der Waals surface area contributed by atoms with Crippen molar-refractivity contribution in [3.63, 3.8) is 0 Å². The summed E-state index contributed by atoms with van der Waals surface area (Å²) in [6, 6.07) is 15.3. The molecule has 0 bridgehead atoms. The predicted molar refractivity (Wildman–Crippen MR) is 204 cm³/mol. The van der Waals surface area contributed by atoms with Crippen molar-refractivity contribution in [1.82, 2.24) is 24.4 Å². The molecule has 2 heterocycles. The Morgan fingerprint density at radius 3 is 1.47 bits per heavy atom. The van der Waals surface area contributed by atoms with Gasteiger partial charge in [0, 0.05) is 62.1 Å². The van der Waals surface area contributed by atoms with Crippen molar-refractivity contribution in [2.45, 2.75) is 51.9 Å². The van der Waals surface area contributed by atoms with Crippen LogP contribution in [0.4, 0.5) is 0 Å². The van der Waals surface area contributed by atoms with Gasteiger partial charge in [0.15, 0.2) is 0 Å². The molecule has 2 aromatic heterocycles. The van der Waals surface area contributed by atoms with Crippen molar-refractivity contribution < 1.29 is 38.1 Å². The molecular weight excluding hydrogens is 727 g/mol. The van der Waals surface area contributed by atoms with Gasteiger partial charge in [0.05, 0.1) is 25.5 Å². The summed E-state index contributed by atoms with van der Waals surface area (Å²) in [6.07, 6.45) is 16.9. The fraction of sp³-hybridized carbons (Fsp3) is 0.297. The van der Waals surface area contributed by atoms with Crippen molar-refractivity contribution in [3.8, 4) is 0 Å². The molecule has 53 heavy (non-hydrogen) atoms. The van der Waals surface area contributed by atoms with E-state index >= 15 is 0 Å². The average Bonchev–Trinajstić information content (AvgIpc) is 3.82. The molecule has 16 heteroatoms. The van der Waals surface area contributed by atoms with Gasteiger partial charge in [-0.15, -0.1) is 24.8 Å². The van der Waals surface area contributed by atoms with Crippen LogP contribution in [0.5, 0.6) is 0 Å². The quantitative estimate of drug-likeness (QED) is 0.0870. The number of ether oxygens (including phenoxy) is 4. The average molecular weight is 774 g/mol. The smallest absolute Gasteiger partial charge is 0.333 e. The summed E-state index contributed by atoms with van der Waals surface area (Å²) in [5.74, 6) is -2.07. The predicted octanol–water partition coefficient (Wildman–Crippen LogP) is 4.56. The summed E-state index contributed by atoms with van der Waals surface area (Å²) >= 11 is 0. The second kappa shape index (κ2) is 25.6. The number of carbonyl (C=O) groups is 4. The van der Waals surface area contributed by atoms with Crippen LogP contribution in [-0.4, -0.2) is 75.7 Å². The summed E-state index contributed by atoms with van der Waals surface area (Å²) in [6.45, 7) is 4.22. The maximum atomic E-state index is 11.6. The van der Waals surface area contributed by atoms with Crippen molar-refractivity contribution >= 4 is 60.8 Å². The zero-order chi connectivity index (χ0) is 36.8. The lowest BCUT2D eigenvalue weighted by Gasteiger charge is -2.09. The first kappa shape index (κ1) is 45.7. The number of rotatable bonds is 17. The third kappa shape index (κ3) is 19.8. The van der Waals surface area contributed by atoms with Gasteiger partial charge >= 0.3 is 23.9 Å². The van der Waals surface area contributed by atoms with E-state index in [4.69, 9.17) is 24.7 Å². The molecule has 3 N–H and O–H groups in total. The Hall–Kier alpha value is -5.28. The minimum atomic E-state index is -0.587. The second-order valence-corrected chi connectivity index (χ2v) is 11.4. The number of benzene rings is 2. The fourth-order valence-electron chi connectivity index (χ4n) is 4.11. The van der Waals surface area contributed by atoms with Crippen LogP contribution in [0.15, 0.2) is 98.1 Å². The van der Waals surface area contributed by atoms with Gasteiger partial charge in [0.2, 0.25) is 13.6 Å². The van der Waals surface area contributed by atoms with E-state index in [1.54, 1.807) is 51.2 Å². The molecule has 0 spiro atoms. The molecule has 2 aromatic carbocycles. The number of nitrogens with zero attached hydrogens (tertiary/aromatic N) is 4. The first-order valence-corrected chi connectivity index (χ1v) is 16.1. The van der Waals surface area contributed by atoms with Crippen LogP contribution in [0.1, 0.15) is 48.9 Å². The van der Waals surface area contributed by atoms with Gasteiger partial charge in [-0.2, -0.15) is 0 Å². The van der Waals surface area contributed by atoms with E-state index < -0.39 is 30.7 Å². The molecule has 2 atom stereocenters. The molecule has 4 rings (SSSR count). The van der Waals surface area contributed by atoms with Crippen LogP contribution >= 0.6 is 24.8 Å². The molecule has 286 valence electrons. The zero-order valence-electron chi connectivity index (χ0n) is 29.7. The van der Waals surface area contributed by atoms with Crippen LogP contribution in [0.2, 0.25) is 0 Å². The van der Waals surface area contributed by atoms with Crippen LogP contribution in [-0.2, 0) is 51.2 Å². The molecular formula is C37H46Cl2N6O8. The van der Waals surface area contributed by atoms with E-state index in [1.807, 2.05) is 77.0 Å². The Labute approximate surface area is 321 Å². The van der Waals surface area contributed by atoms with Gasteiger partial charge in [-0.1, -0.05) is 48.5 Å². The van der Waals surface area contributed by atoms with Crippen molar-refractivity contribution in [2.75, 3.05) is 20.6 Å². The van der Waals surface area contributed by atoms with E-state index in [0.29, 0.717) is 0 Å². The Kier molecular flexibility index (Phi) is 22.1. The number of imidazole rings is 2. The highest BCUT2D eigenvalue weighted by molar-refractivity contribution is 5.87. The third-order valence-corrected chi connectivity index (χ3v) is 6.93. The molecule has 0 amide bonds. The zero-order valence-corrected chi connectivity index (χ0v) is 31.4. The second-order valence-electron chi connectivity index (χ2n) is 11.4. The van der Waals surface area contributed by atoms with Crippen molar-refractivity contribution in [3.05, 3.63) is 120 Å². The minimum Gasteiger partial charge on any atom is -0.428 e. The monoisotopic (exact) mass is 772 g/mol. The molecule has 0 saturated heterocycles. The standard InChI is InChI=1S/C19H23N3O4.C18H21N3O4.2ClH/c1-15(20-2)11-19(24)26-14-25-18(23)8-7-16-3-5-17(6-4-16)12-22-10-9-21-13-22;1-14(19)10-18(23)25-13-24-17(22)7-6-15-2-4-16(5-3-15)11-21-9-8-20-12-21;;/h3-10,13,15,20H,11-12,14H2,1-2H3;2-9,12,14H,10-11,13,19H2,1H3;2*1H/b8-7+;7-6+;;. The summed E-state index contributed by atoms with van der Waals surface area (Å²) in [4.78, 5) is 53.9. The van der Waals surface area contributed by atoms with Gasteiger partial charge < -0.3 is 39.1 Å². The third-order valence-electron chi connectivity index (χ3n) is 6.93. The fourth-order valence-corrected chi connectivity index (χ4v) is 4.11. The molecule has 0 saturated carbocycles. The molecule has 0 radical (unpaired) electrons. The van der Waals surface area contributed by atoms with Gasteiger partial charge in [0.25, 0.3) is 0 Å². The first-order valence-electron chi connectivity index (χ1n) is 16.1. The van der Waals surface area contributed by atoms with Gasteiger partial charge in [-0.3, -0.25) is 9.59 Å². The lowest BCUT2D eigenvalue weighted by Crippen LogP contribution is -2.26. The van der Waals surface area contributed by atoms with Crippen LogP contribution in [0.25, 0.3) is 12.2 Å². The Morgan fingerprint density at radius 1 is 0.698 bits per heavy atom. The molecule has 4 aromatic rings. The van der Waals surface area contributed by atoms with Gasteiger partial charge in [-0.05, 0) is 55.3 Å². The number of carbonyl (C=O) groups excluding carboxylic acids is 4. The number of hydrogen-bond acceptors (Lipinski definition) is 12. The lowest BCUT2D eigenvalue weighted by molar-refractivity contribution is -0.166. The Balaban J connectivity index is 0.000000511. The van der Waals surface area contributed by atoms with Crippen molar-refractivity contribution in [2.24, 2.45) is 5.73 Å². The molecule has 0 fully saturated rings. The van der Waals surface area contributed by atoms with Crippen LogP contribution < -0.4 is 11.1 Å². The molecule has 0 aliphatic heterocycles. The molecule has 0 aliphatic rings. The summed E-state index contributed by atoms with van der Waals surface area (Å²) in [5, 5.41) is 2.93. The minimum absolute atomic E-state index is 0. The molecule has 0 aliphatic carbocycles. The highest BCUT2D eigenvalue weighted by Gasteiger charge is 2.09. The van der Waals surface area contributed by atoms with E-state index in [9.17, 15) is 19.2 Å².